The Morgan fingerprint density at radius 1 is 0.375 bits per heavy atom. The average molecular weight is 860 g/mol. The van der Waals surface area contributed by atoms with Gasteiger partial charge in [0.15, 0.2) is 0 Å². The fourth-order valence-electron chi connectivity index (χ4n) is 8.23. The van der Waals surface area contributed by atoms with E-state index < -0.39 is 36.8 Å². The molecule has 0 fully saturated rings. The van der Waals surface area contributed by atoms with Crippen molar-refractivity contribution in [2.75, 3.05) is 0 Å². The molecule has 1 heterocycles. The summed E-state index contributed by atoms with van der Waals surface area (Å²) in [7, 11) is 0. The SMILES string of the molecule is CCC[CH2][Sn]([CH2]CCC)([CH2]CCC)[c]1cc[c]([Sn]([CH2]CCC)([CH2]CCC)[CH2]CCC)c2nc(-c3ccccc3)c(-c3ccccc3)nc12. The molecule has 0 spiro atoms. The number of nitrogens with zero attached hydrogens (tertiary/aromatic N) is 2. The molecule has 0 saturated heterocycles. The van der Waals surface area contributed by atoms with Crippen LogP contribution in [0.2, 0.25) is 26.6 Å². The van der Waals surface area contributed by atoms with Gasteiger partial charge in [-0.3, -0.25) is 0 Å². The minimum atomic E-state index is -2.88. The molecule has 260 valence electrons. The van der Waals surface area contributed by atoms with Crippen molar-refractivity contribution in [3.63, 3.8) is 0 Å². The van der Waals surface area contributed by atoms with Gasteiger partial charge >= 0.3 is 305 Å². The van der Waals surface area contributed by atoms with Crippen LogP contribution in [0.3, 0.4) is 0 Å². The van der Waals surface area contributed by atoms with Crippen LogP contribution in [0.5, 0.6) is 0 Å². The summed E-state index contributed by atoms with van der Waals surface area (Å²) in [6, 6.07) is 27.4. The van der Waals surface area contributed by atoms with Crippen LogP contribution in [0, 0.1) is 0 Å². The number of unbranched alkanes of at least 4 members (excludes halogenated alkanes) is 6. The van der Waals surface area contributed by atoms with Crippen LogP contribution in [0.1, 0.15) is 119 Å². The first kappa shape index (κ1) is 39.4. The summed E-state index contributed by atoms with van der Waals surface area (Å²) >= 11 is -5.76. The zero-order chi connectivity index (χ0) is 34.2. The predicted octanol–water partition coefficient (Wildman–Crippen LogP) is 13.1. The predicted molar refractivity (Wildman–Crippen MR) is 219 cm³/mol. The van der Waals surface area contributed by atoms with E-state index in [4.69, 9.17) is 9.97 Å². The van der Waals surface area contributed by atoms with Gasteiger partial charge in [0.25, 0.3) is 0 Å². The van der Waals surface area contributed by atoms with Crippen LogP contribution in [-0.4, -0.2) is 46.7 Å². The van der Waals surface area contributed by atoms with E-state index in [0.717, 1.165) is 11.4 Å². The van der Waals surface area contributed by atoms with Crippen molar-refractivity contribution < 1.29 is 0 Å². The summed E-state index contributed by atoms with van der Waals surface area (Å²) in [6.07, 6.45) is 15.9. The summed E-state index contributed by atoms with van der Waals surface area (Å²) in [4.78, 5) is 11.9. The van der Waals surface area contributed by atoms with Crippen molar-refractivity contribution in [2.45, 2.75) is 145 Å². The van der Waals surface area contributed by atoms with E-state index in [1.807, 2.05) is 0 Å². The molecule has 0 atom stereocenters. The Morgan fingerprint density at radius 3 is 0.896 bits per heavy atom. The molecule has 0 amide bonds. The quantitative estimate of drug-likeness (QED) is 0.0736. The topological polar surface area (TPSA) is 25.8 Å². The summed E-state index contributed by atoms with van der Waals surface area (Å²) in [5.41, 5.74) is 7.19. The Morgan fingerprint density at radius 2 is 0.646 bits per heavy atom. The standard InChI is InChI=1S/C20H12N2.6C4H9.2Sn/c1-3-9-15(10-4-1)19-20(16-11-5-2-6-12-16)22-18-14-8-7-13-17(18)21-19;6*1-3-4-2;;/h1-12H;6*1,3-4H2,2H3;;. The van der Waals surface area contributed by atoms with Crippen molar-refractivity contribution in [1.82, 2.24) is 9.97 Å². The maximum atomic E-state index is 5.95. The molecule has 48 heavy (non-hydrogen) atoms. The first-order valence-electron chi connectivity index (χ1n) is 20.0. The normalized spacial score (nSPS) is 12.2. The van der Waals surface area contributed by atoms with Gasteiger partial charge in [-0.05, 0) is 0 Å². The molecule has 0 aliphatic carbocycles. The average Bonchev–Trinajstić information content (AvgIpc) is 3.14. The third-order valence-electron chi connectivity index (χ3n) is 11.1. The second-order valence-electron chi connectivity index (χ2n) is 14.7. The van der Waals surface area contributed by atoms with Crippen molar-refractivity contribution >= 4 is 54.9 Å². The van der Waals surface area contributed by atoms with Crippen LogP contribution < -0.4 is 7.16 Å². The van der Waals surface area contributed by atoms with Crippen molar-refractivity contribution in [3.8, 4) is 22.5 Å². The number of hydrogen-bond donors (Lipinski definition) is 0. The molecule has 0 N–H and O–H groups in total. The Bertz CT molecular complexity index is 1340. The van der Waals surface area contributed by atoms with Gasteiger partial charge in [-0.1, -0.05) is 0 Å². The molecule has 0 aliphatic rings. The van der Waals surface area contributed by atoms with E-state index in [-0.39, 0.29) is 0 Å². The molecular weight excluding hydrogens is 794 g/mol. The summed E-state index contributed by atoms with van der Waals surface area (Å²) in [5, 5.41) is 0. The number of aromatic nitrogens is 2. The van der Waals surface area contributed by atoms with Gasteiger partial charge in [0.2, 0.25) is 0 Å². The monoisotopic (exact) mass is 862 g/mol. The van der Waals surface area contributed by atoms with Crippen LogP contribution in [0.25, 0.3) is 33.5 Å². The fraction of sp³-hybridized carbons (Fsp3) is 0.545. The van der Waals surface area contributed by atoms with Gasteiger partial charge in [0.05, 0.1) is 0 Å². The number of benzene rings is 3. The molecule has 4 rings (SSSR count). The Kier molecular flexibility index (Phi) is 16.8. The van der Waals surface area contributed by atoms with Crippen LogP contribution in [0.4, 0.5) is 0 Å². The zero-order valence-electron chi connectivity index (χ0n) is 31.6. The van der Waals surface area contributed by atoms with E-state index in [9.17, 15) is 0 Å². The summed E-state index contributed by atoms with van der Waals surface area (Å²) in [6.45, 7) is 14.4. The third kappa shape index (κ3) is 9.68. The van der Waals surface area contributed by atoms with Crippen LogP contribution in [-0.2, 0) is 0 Å². The molecule has 4 aromatic rings. The third-order valence-corrected chi connectivity index (χ3v) is 42.4. The summed E-state index contributed by atoms with van der Waals surface area (Å²) < 4.78 is 12.2. The molecule has 0 bridgehead atoms. The van der Waals surface area contributed by atoms with Crippen LogP contribution >= 0.6 is 0 Å². The second kappa shape index (κ2) is 20.4. The van der Waals surface area contributed by atoms with E-state index in [1.165, 1.54) is 126 Å². The van der Waals surface area contributed by atoms with E-state index >= 15 is 0 Å². The van der Waals surface area contributed by atoms with Crippen molar-refractivity contribution in [1.29, 1.82) is 0 Å². The van der Waals surface area contributed by atoms with Gasteiger partial charge in [0.1, 0.15) is 0 Å². The molecule has 0 aliphatic heterocycles. The second-order valence-corrected chi connectivity index (χ2v) is 40.9. The summed E-state index contributed by atoms with van der Waals surface area (Å²) in [5.74, 6) is 0. The van der Waals surface area contributed by atoms with Gasteiger partial charge in [-0.15, -0.1) is 0 Å². The van der Waals surface area contributed by atoms with E-state index in [2.05, 4.69) is 114 Å². The van der Waals surface area contributed by atoms with Gasteiger partial charge in [-0.25, -0.2) is 0 Å². The van der Waals surface area contributed by atoms with Crippen LogP contribution in [0.15, 0.2) is 72.8 Å². The maximum absolute atomic E-state index is 5.95. The van der Waals surface area contributed by atoms with Gasteiger partial charge < -0.3 is 0 Å². The number of rotatable bonds is 22. The molecule has 3 aromatic carbocycles. The first-order chi connectivity index (χ1) is 23.5. The fourth-order valence-corrected chi connectivity index (χ4v) is 41.1. The Hall–Kier alpha value is -1.40. The number of fused-ring (bicyclic) bond motifs is 1. The number of hydrogen-bond acceptors (Lipinski definition) is 2. The molecular formula is C44H66N2Sn2. The molecule has 1 aromatic heterocycles. The molecule has 0 saturated carbocycles. The Balaban J connectivity index is 2.18. The zero-order valence-corrected chi connectivity index (χ0v) is 37.3. The molecule has 0 unspecified atom stereocenters. The first-order valence-corrected chi connectivity index (χ1v) is 35.0. The molecule has 0 radical (unpaired) electrons. The Labute approximate surface area is 303 Å². The van der Waals surface area contributed by atoms with Crippen molar-refractivity contribution in [2.24, 2.45) is 0 Å². The van der Waals surface area contributed by atoms with Gasteiger partial charge in [0, 0.05) is 0 Å². The van der Waals surface area contributed by atoms with E-state index in [1.54, 1.807) is 7.16 Å². The molecule has 4 heteroatoms. The van der Waals surface area contributed by atoms with Crippen molar-refractivity contribution in [3.05, 3.63) is 72.8 Å². The molecule has 2 nitrogen and oxygen atoms in total. The minimum absolute atomic E-state index is 1.07. The van der Waals surface area contributed by atoms with Gasteiger partial charge in [-0.2, -0.15) is 0 Å². The van der Waals surface area contributed by atoms with E-state index in [0.29, 0.717) is 0 Å².